The average molecular weight is 220 g/mol. The van der Waals surface area contributed by atoms with Crippen LogP contribution in [-0.4, -0.2) is 19.2 Å². The van der Waals surface area contributed by atoms with E-state index < -0.39 is 0 Å². The van der Waals surface area contributed by atoms with Crippen LogP contribution in [0, 0.1) is 0 Å². The average Bonchev–Trinajstić information content (AvgIpc) is 2.33. The molecule has 16 heavy (non-hydrogen) atoms. The van der Waals surface area contributed by atoms with E-state index in [-0.39, 0.29) is 11.5 Å². The van der Waals surface area contributed by atoms with E-state index in [1.54, 1.807) is 0 Å². The first-order valence-corrected chi connectivity index (χ1v) is 5.34. The minimum atomic E-state index is -0.340. The lowest BCUT2D eigenvalue weighted by atomic mass is 9.82. The maximum absolute atomic E-state index is 11.0. The largest absolute Gasteiger partial charge is 0.449 e. The van der Waals surface area contributed by atoms with Gasteiger partial charge in [-0.2, -0.15) is 0 Å². The molecule has 1 aromatic rings. The van der Waals surface area contributed by atoms with Crippen LogP contribution in [0.5, 0.6) is 0 Å². The van der Waals surface area contributed by atoms with Crippen LogP contribution in [0.2, 0.25) is 0 Å². The molecule has 1 amide bonds. The van der Waals surface area contributed by atoms with Gasteiger partial charge in [-0.15, -0.1) is 0 Å². The lowest BCUT2D eigenvalue weighted by Gasteiger charge is -2.33. The predicted molar refractivity (Wildman–Crippen MR) is 61.0 cm³/mol. The number of carbonyl (C=O) groups excluding carboxylic acids is 1. The maximum Gasteiger partial charge on any atom is 0.407 e. The molecule has 0 aromatic heterocycles. The molecule has 1 atom stereocenters. The van der Waals surface area contributed by atoms with Crippen LogP contribution >= 0.6 is 0 Å². The molecule has 1 fully saturated rings. The summed E-state index contributed by atoms with van der Waals surface area (Å²) in [5.41, 5.74) is 7.69. The molecule has 1 aliphatic rings. The van der Waals surface area contributed by atoms with Gasteiger partial charge < -0.3 is 15.8 Å². The van der Waals surface area contributed by atoms with Gasteiger partial charge in [0, 0.05) is 18.5 Å². The van der Waals surface area contributed by atoms with E-state index in [1.165, 1.54) is 0 Å². The molecule has 0 aliphatic carbocycles. The van der Waals surface area contributed by atoms with Gasteiger partial charge in [0.1, 0.15) is 6.61 Å². The zero-order valence-electron chi connectivity index (χ0n) is 9.32. The van der Waals surface area contributed by atoms with Crippen LogP contribution in [0.1, 0.15) is 18.1 Å². The molecule has 0 radical (unpaired) electrons. The van der Waals surface area contributed by atoms with E-state index in [1.807, 2.05) is 18.2 Å². The van der Waals surface area contributed by atoms with Crippen LogP contribution in [-0.2, 0) is 16.7 Å². The fourth-order valence-electron chi connectivity index (χ4n) is 1.85. The Bertz CT molecular complexity index is 394. The summed E-state index contributed by atoms with van der Waals surface area (Å²) in [6.07, 6.45) is -0.340. The number of benzene rings is 1. The molecule has 0 spiro atoms. The van der Waals surface area contributed by atoms with Crippen molar-refractivity contribution in [1.82, 2.24) is 5.32 Å². The molecule has 4 nitrogen and oxygen atoms in total. The molecule has 1 heterocycles. The number of nitrogens with two attached hydrogens (primary N) is 1. The number of amides is 1. The van der Waals surface area contributed by atoms with Crippen molar-refractivity contribution in [2.24, 2.45) is 5.73 Å². The highest BCUT2D eigenvalue weighted by molar-refractivity contribution is 5.68. The normalized spacial score (nSPS) is 24.8. The van der Waals surface area contributed by atoms with Gasteiger partial charge in [-0.25, -0.2) is 4.79 Å². The number of ether oxygens (including phenoxy) is 1. The highest BCUT2D eigenvalue weighted by Gasteiger charge is 2.33. The number of alkyl carbamates (subject to hydrolysis) is 1. The van der Waals surface area contributed by atoms with Crippen molar-refractivity contribution in [2.75, 3.05) is 13.2 Å². The van der Waals surface area contributed by atoms with Gasteiger partial charge >= 0.3 is 6.09 Å². The minimum absolute atomic E-state index is 0.168. The Balaban J connectivity index is 2.25. The Morgan fingerprint density at radius 1 is 1.56 bits per heavy atom. The Kier molecular flexibility index (Phi) is 2.83. The van der Waals surface area contributed by atoms with Gasteiger partial charge in [-0.3, -0.25) is 0 Å². The third-order valence-corrected chi connectivity index (χ3v) is 3.00. The van der Waals surface area contributed by atoms with Crippen molar-refractivity contribution in [3.63, 3.8) is 0 Å². The quantitative estimate of drug-likeness (QED) is 0.785. The summed E-state index contributed by atoms with van der Waals surface area (Å²) in [5, 5.41) is 2.72. The second kappa shape index (κ2) is 4.14. The number of hydrogen-bond acceptors (Lipinski definition) is 3. The Morgan fingerprint density at radius 3 is 3.00 bits per heavy atom. The molecule has 1 unspecified atom stereocenters. The van der Waals surface area contributed by atoms with Crippen LogP contribution in [0.3, 0.4) is 0 Å². The summed E-state index contributed by atoms with van der Waals surface area (Å²) in [6, 6.07) is 8.09. The Labute approximate surface area is 94.8 Å². The molecule has 1 aliphatic heterocycles. The third-order valence-electron chi connectivity index (χ3n) is 3.00. The predicted octanol–water partition coefficient (Wildman–Crippen LogP) is 1.14. The van der Waals surface area contributed by atoms with Gasteiger partial charge in [0.2, 0.25) is 0 Å². The van der Waals surface area contributed by atoms with Gasteiger partial charge in [-0.1, -0.05) is 31.2 Å². The molecule has 3 N–H and O–H groups in total. The van der Waals surface area contributed by atoms with Crippen molar-refractivity contribution in [1.29, 1.82) is 0 Å². The molecule has 1 saturated heterocycles. The zero-order valence-corrected chi connectivity index (χ0v) is 9.32. The maximum atomic E-state index is 11.0. The van der Waals surface area contributed by atoms with Crippen molar-refractivity contribution in [3.05, 3.63) is 35.4 Å². The van der Waals surface area contributed by atoms with Crippen molar-refractivity contribution < 1.29 is 9.53 Å². The van der Waals surface area contributed by atoms with Gasteiger partial charge in [0.05, 0.1) is 0 Å². The van der Waals surface area contributed by atoms with E-state index in [0.717, 1.165) is 11.1 Å². The van der Waals surface area contributed by atoms with Crippen molar-refractivity contribution in [2.45, 2.75) is 18.9 Å². The third kappa shape index (κ3) is 2.02. The van der Waals surface area contributed by atoms with Gasteiger partial charge in [0.25, 0.3) is 0 Å². The fraction of sp³-hybridized carbons (Fsp3) is 0.417. The number of rotatable bonds is 2. The number of cyclic esters (lactones) is 1. The molecule has 86 valence electrons. The summed E-state index contributed by atoms with van der Waals surface area (Å²) in [5.74, 6) is 0. The summed E-state index contributed by atoms with van der Waals surface area (Å²) in [6.45, 7) is 3.60. The summed E-state index contributed by atoms with van der Waals surface area (Å²) >= 11 is 0. The second-order valence-electron chi connectivity index (χ2n) is 4.39. The number of hydrogen-bond donors (Lipinski definition) is 2. The highest BCUT2D eigenvalue weighted by Crippen LogP contribution is 2.26. The Hall–Kier alpha value is -1.55. The van der Waals surface area contributed by atoms with E-state index in [2.05, 4.69) is 18.3 Å². The first kappa shape index (κ1) is 11.0. The van der Waals surface area contributed by atoms with Crippen LogP contribution in [0.25, 0.3) is 0 Å². The lowest BCUT2D eigenvalue weighted by molar-refractivity contribution is 0.0929. The Morgan fingerprint density at radius 2 is 2.38 bits per heavy atom. The van der Waals surface area contributed by atoms with Crippen LogP contribution in [0.15, 0.2) is 24.3 Å². The molecular weight excluding hydrogens is 204 g/mol. The number of nitrogens with one attached hydrogen (secondary N) is 1. The first-order chi connectivity index (χ1) is 7.64. The van der Waals surface area contributed by atoms with Crippen molar-refractivity contribution >= 4 is 6.09 Å². The zero-order chi connectivity index (χ0) is 11.6. The van der Waals surface area contributed by atoms with Gasteiger partial charge in [0.15, 0.2) is 0 Å². The van der Waals surface area contributed by atoms with E-state index >= 15 is 0 Å². The molecule has 1 aromatic carbocycles. The lowest BCUT2D eigenvalue weighted by Crippen LogP contribution is -2.48. The van der Waals surface area contributed by atoms with E-state index in [9.17, 15) is 4.79 Å². The topological polar surface area (TPSA) is 64.3 Å². The smallest absolute Gasteiger partial charge is 0.407 e. The molecule has 4 heteroatoms. The van der Waals surface area contributed by atoms with Gasteiger partial charge in [-0.05, 0) is 11.1 Å². The molecule has 2 rings (SSSR count). The fourth-order valence-corrected chi connectivity index (χ4v) is 1.85. The summed E-state index contributed by atoms with van der Waals surface area (Å²) in [7, 11) is 0. The molecule has 0 bridgehead atoms. The highest BCUT2D eigenvalue weighted by atomic mass is 16.6. The number of carbonyl (C=O) groups is 1. The molecular formula is C12H16N2O2. The minimum Gasteiger partial charge on any atom is -0.449 e. The van der Waals surface area contributed by atoms with Crippen LogP contribution < -0.4 is 11.1 Å². The standard InChI is InChI=1S/C12H16N2O2/c1-12(7-14-11(15)16-8-12)10-4-2-3-9(5-10)6-13/h2-5H,6-8,13H2,1H3,(H,14,15). The van der Waals surface area contributed by atoms with Crippen molar-refractivity contribution in [3.8, 4) is 0 Å². The monoisotopic (exact) mass is 220 g/mol. The van der Waals surface area contributed by atoms with E-state index in [0.29, 0.717) is 19.7 Å². The SMILES string of the molecule is CC1(c2cccc(CN)c2)CNC(=O)OC1. The molecule has 0 saturated carbocycles. The second-order valence-corrected chi connectivity index (χ2v) is 4.39. The van der Waals surface area contributed by atoms with E-state index in [4.69, 9.17) is 10.5 Å². The van der Waals surface area contributed by atoms with Crippen LogP contribution in [0.4, 0.5) is 4.79 Å². The summed E-state index contributed by atoms with van der Waals surface area (Å²) < 4.78 is 5.04. The summed E-state index contributed by atoms with van der Waals surface area (Å²) in [4.78, 5) is 11.0. The first-order valence-electron chi connectivity index (χ1n) is 5.34.